The molecule has 1 aromatic carbocycles. The average molecular weight is 287 g/mol. The molecule has 0 aliphatic rings. The molecule has 0 amide bonds. The molecule has 2 rings (SSSR count). The van der Waals surface area contributed by atoms with Crippen LogP contribution >= 0.6 is 15.9 Å². The fourth-order valence-corrected chi connectivity index (χ4v) is 2.13. The summed E-state index contributed by atoms with van der Waals surface area (Å²) in [6.07, 6.45) is 5.65. The maximum absolute atomic E-state index is 3.85. The second-order valence-corrected chi connectivity index (χ2v) is 4.53. The summed E-state index contributed by atoms with van der Waals surface area (Å²) in [6.45, 7) is 7.68. The lowest BCUT2D eigenvalue weighted by atomic mass is 10.0. The third kappa shape index (κ3) is 2.37. The number of rotatable bonds is 3. The Morgan fingerprint density at radius 2 is 1.82 bits per heavy atom. The number of hydrogen-bond donors (Lipinski definition) is 0. The van der Waals surface area contributed by atoms with Crippen molar-refractivity contribution in [2.45, 2.75) is 0 Å². The summed E-state index contributed by atoms with van der Waals surface area (Å²) in [5.74, 6) is 0. The molecule has 0 N–H and O–H groups in total. The van der Waals surface area contributed by atoms with E-state index in [0.29, 0.717) is 0 Å². The lowest BCUT2D eigenvalue weighted by Gasteiger charge is -2.04. The van der Waals surface area contributed by atoms with Crippen LogP contribution in [0.15, 0.2) is 60.2 Å². The molecule has 2 aromatic rings. The smallest absolute Gasteiger partial charge is 0.166 e. The minimum absolute atomic E-state index is 1.03. The third-order valence-corrected chi connectivity index (χ3v) is 3.06. The molecule has 0 atom stereocenters. The van der Waals surface area contributed by atoms with Crippen molar-refractivity contribution in [3.05, 3.63) is 65.8 Å². The molecule has 0 aliphatic heterocycles. The molecule has 17 heavy (non-hydrogen) atoms. The van der Waals surface area contributed by atoms with Gasteiger partial charge in [-0.1, -0.05) is 30.9 Å². The highest BCUT2D eigenvalue weighted by molar-refractivity contribution is 9.10. The molecule has 0 bridgehead atoms. The van der Waals surface area contributed by atoms with E-state index in [9.17, 15) is 0 Å². The molecule has 0 saturated carbocycles. The Morgan fingerprint density at radius 3 is 2.53 bits per heavy atom. The predicted octanol–water partition coefficient (Wildman–Crippen LogP) is 4.15. The van der Waals surface area contributed by atoms with Gasteiger partial charge in [0.25, 0.3) is 0 Å². The molecule has 0 spiro atoms. The fraction of sp³-hybridized carbons (Fsp3) is 0. The van der Waals surface area contributed by atoms with Crippen molar-refractivity contribution in [1.29, 1.82) is 0 Å². The molecule has 0 fully saturated rings. The van der Waals surface area contributed by atoms with Crippen molar-refractivity contribution in [3.8, 4) is 11.3 Å². The summed E-state index contributed by atoms with van der Waals surface area (Å²) in [4.78, 5) is 0. The zero-order chi connectivity index (χ0) is 12.3. The van der Waals surface area contributed by atoms with E-state index in [1.54, 1.807) is 6.20 Å². The number of halogens is 1. The van der Waals surface area contributed by atoms with Crippen LogP contribution in [-0.4, -0.2) is 0 Å². The molecule has 0 saturated heterocycles. The van der Waals surface area contributed by atoms with Gasteiger partial charge in [0.1, 0.15) is 0 Å². The molecule has 1 aromatic heterocycles. The van der Waals surface area contributed by atoms with Crippen LogP contribution in [-0.2, 0) is 0 Å². The summed E-state index contributed by atoms with van der Waals surface area (Å²) in [5, 5.41) is 0. The number of benzene rings is 1. The van der Waals surface area contributed by atoms with Gasteiger partial charge in [-0.15, -0.1) is 0 Å². The molecule has 1 nitrogen and oxygen atoms in total. The van der Waals surface area contributed by atoms with Crippen molar-refractivity contribution in [2.24, 2.45) is 0 Å². The molecule has 1 heterocycles. The Hall–Kier alpha value is -1.67. The summed E-state index contributed by atoms with van der Waals surface area (Å²) < 4.78 is 3.02. The van der Waals surface area contributed by atoms with E-state index in [0.717, 1.165) is 21.3 Å². The first-order valence-corrected chi connectivity index (χ1v) is 6.10. The highest BCUT2D eigenvalue weighted by atomic mass is 79.9. The number of nitrogens with zero attached hydrogens (tertiary/aromatic N) is 1. The van der Waals surface area contributed by atoms with E-state index in [4.69, 9.17) is 0 Å². The van der Waals surface area contributed by atoms with E-state index in [2.05, 4.69) is 47.3 Å². The van der Waals surface area contributed by atoms with Crippen molar-refractivity contribution >= 4 is 28.2 Å². The lowest BCUT2D eigenvalue weighted by molar-refractivity contribution is -0.556. The third-order valence-electron chi connectivity index (χ3n) is 2.59. The first kappa shape index (κ1) is 11.8. The van der Waals surface area contributed by atoms with Gasteiger partial charge < -0.3 is 0 Å². The zero-order valence-electron chi connectivity index (χ0n) is 9.44. The number of pyridine rings is 1. The van der Waals surface area contributed by atoms with Crippen LogP contribution in [0.3, 0.4) is 0 Å². The normalized spacial score (nSPS) is 9.94. The molecular weight excluding hydrogens is 274 g/mol. The van der Waals surface area contributed by atoms with Crippen molar-refractivity contribution in [3.63, 3.8) is 0 Å². The van der Waals surface area contributed by atoms with Gasteiger partial charge in [0, 0.05) is 6.07 Å². The molecule has 0 aliphatic carbocycles. The van der Waals surface area contributed by atoms with Crippen LogP contribution in [0.1, 0.15) is 5.56 Å². The van der Waals surface area contributed by atoms with E-state index in [1.807, 2.05) is 35.0 Å². The van der Waals surface area contributed by atoms with Gasteiger partial charge in [-0.25, -0.2) is 0 Å². The van der Waals surface area contributed by atoms with Crippen molar-refractivity contribution < 1.29 is 4.57 Å². The van der Waals surface area contributed by atoms with Gasteiger partial charge in [-0.05, 0) is 40.2 Å². The quantitative estimate of drug-likeness (QED) is 0.747. The minimum Gasteiger partial charge on any atom is -0.166 e. The molecular formula is C15H13BrN+. The summed E-state index contributed by atoms with van der Waals surface area (Å²) in [7, 11) is 0. The van der Waals surface area contributed by atoms with Crippen molar-refractivity contribution in [1.82, 2.24) is 0 Å². The van der Waals surface area contributed by atoms with E-state index in [-0.39, 0.29) is 0 Å². The Balaban J connectivity index is 2.67. The van der Waals surface area contributed by atoms with Gasteiger partial charge in [0.05, 0.1) is 10.0 Å². The lowest BCUT2D eigenvalue weighted by Crippen LogP contribution is -2.28. The van der Waals surface area contributed by atoms with Gasteiger partial charge >= 0.3 is 0 Å². The van der Waals surface area contributed by atoms with E-state index in [1.165, 1.54) is 0 Å². The van der Waals surface area contributed by atoms with Gasteiger partial charge in [-0.2, -0.15) is 4.57 Å². The highest BCUT2D eigenvalue weighted by Gasteiger charge is 2.13. The standard InChI is InChI=1S/C15H13BrN/c1-3-12-7-5-6-8-14(12)15-10-9-13(16)11-17(15)4-2/h3-11H,1-2H2/q+1. The Bertz CT molecular complexity index is 573. The monoisotopic (exact) mass is 286 g/mol. The van der Waals surface area contributed by atoms with Gasteiger partial charge in [0.15, 0.2) is 12.4 Å². The SMILES string of the molecule is C=Cc1ccccc1-c1ccc(Br)c[n+]1C=C. The van der Waals surface area contributed by atoms with Gasteiger partial charge in [0.2, 0.25) is 5.69 Å². The van der Waals surface area contributed by atoms with Crippen LogP contribution in [0.5, 0.6) is 0 Å². The summed E-state index contributed by atoms with van der Waals surface area (Å²) >= 11 is 3.46. The molecule has 2 heteroatoms. The molecule has 0 unspecified atom stereocenters. The van der Waals surface area contributed by atoms with Crippen LogP contribution < -0.4 is 4.57 Å². The number of hydrogen-bond acceptors (Lipinski definition) is 0. The predicted molar refractivity (Wildman–Crippen MR) is 76.3 cm³/mol. The Kier molecular flexibility index (Phi) is 3.55. The van der Waals surface area contributed by atoms with E-state index < -0.39 is 0 Å². The van der Waals surface area contributed by atoms with Gasteiger partial charge in [-0.3, -0.25) is 0 Å². The van der Waals surface area contributed by atoms with E-state index >= 15 is 0 Å². The van der Waals surface area contributed by atoms with Crippen LogP contribution in [0, 0.1) is 0 Å². The van der Waals surface area contributed by atoms with Crippen LogP contribution in [0.4, 0.5) is 0 Å². The van der Waals surface area contributed by atoms with Crippen LogP contribution in [0.2, 0.25) is 0 Å². The largest absolute Gasteiger partial charge is 0.218 e. The number of aromatic nitrogens is 1. The summed E-state index contributed by atoms with van der Waals surface area (Å²) in [5.41, 5.74) is 3.36. The second-order valence-electron chi connectivity index (χ2n) is 3.61. The zero-order valence-corrected chi connectivity index (χ0v) is 11.0. The maximum Gasteiger partial charge on any atom is 0.218 e. The van der Waals surface area contributed by atoms with Crippen LogP contribution in [0.25, 0.3) is 23.5 Å². The highest BCUT2D eigenvalue weighted by Crippen LogP contribution is 2.22. The maximum atomic E-state index is 3.85. The second kappa shape index (κ2) is 5.11. The topological polar surface area (TPSA) is 3.88 Å². The molecule has 84 valence electrons. The Morgan fingerprint density at radius 1 is 1.06 bits per heavy atom. The van der Waals surface area contributed by atoms with Crippen molar-refractivity contribution in [2.75, 3.05) is 0 Å². The summed E-state index contributed by atoms with van der Waals surface area (Å²) in [6, 6.07) is 12.3. The first-order chi connectivity index (χ1) is 8.26. The first-order valence-electron chi connectivity index (χ1n) is 5.31. The fourth-order valence-electron chi connectivity index (χ4n) is 1.78. The average Bonchev–Trinajstić information content (AvgIpc) is 2.38. The molecule has 0 radical (unpaired) electrons. The Labute approximate surface area is 110 Å². The minimum atomic E-state index is 1.03.